The maximum atomic E-state index is 8.61. The third-order valence-electron chi connectivity index (χ3n) is 1.48. The largest absolute Gasteiger partial charge is 0.495 e. The van der Waals surface area contributed by atoms with Crippen LogP contribution in [0.5, 0.6) is 5.75 Å². The van der Waals surface area contributed by atoms with E-state index >= 15 is 0 Å². The Morgan fingerprint density at radius 2 is 1.92 bits per heavy atom. The molecule has 0 N–H and O–H groups in total. The molecule has 1 rings (SSSR count). The van der Waals surface area contributed by atoms with E-state index in [4.69, 9.17) is 10.00 Å². The normalized spacial score (nSPS) is 7.92. The van der Waals surface area contributed by atoms with Gasteiger partial charge < -0.3 is 4.74 Å². The topological polar surface area (TPSA) is 33.0 Å². The molecule has 0 radical (unpaired) electrons. The molecule has 0 saturated carbocycles. The van der Waals surface area contributed by atoms with Crippen LogP contribution >= 0.6 is 0 Å². The molecule has 2 heteroatoms. The Morgan fingerprint density at radius 3 is 2.38 bits per heavy atom. The molecular formula is C11H15NO. The van der Waals surface area contributed by atoms with Crippen LogP contribution in [0.4, 0.5) is 0 Å². The van der Waals surface area contributed by atoms with Crippen LogP contribution in [0.2, 0.25) is 0 Å². The molecule has 0 heterocycles. The predicted octanol–water partition coefficient (Wildman–Crippen LogP) is 2.90. The molecule has 2 nitrogen and oxygen atoms in total. The third-order valence-corrected chi connectivity index (χ3v) is 1.48. The van der Waals surface area contributed by atoms with Gasteiger partial charge in [-0.15, -0.1) is 0 Å². The standard InChI is InChI=1S/C9H9NO.C2H6/c1-7-3-4-8(6-10)9(5-7)11-2;1-2/h3-5H,1-2H3;1-2H3. The second-order valence-electron chi connectivity index (χ2n) is 2.32. The van der Waals surface area contributed by atoms with Crippen molar-refractivity contribution in [2.24, 2.45) is 0 Å². The first-order valence-corrected chi connectivity index (χ1v) is 4.32. The first-order valence-electron chi connectivity index (χ1n) is 4.32. The van der Waals surface area contributed by atoms with E-state index in [0.29, 0.717) is 11.3 Å². The Kier molecular flexibility index (Phi) is 5.38. The summed E-state index contributed by atoms with van der Waals surface area (Å²) in [6, 6.07) is 7.54. The van der Waals surface area contributed by atoms with Gasteiger partial charge in [0.05, 0.1) is 12.7 Å². The van der Waals surface area contributed by atoms with E-state index < -0.39 is 0 Å². The van der Waals surface area contributed by atoms with Gasteiger partial charge in [0.15, 0.2) is 0 Å². The summed E-state index contributed by atoms with van der Waals surface area (Å²) in [5.41, 5.74) is 1.68. The van der Waals surface area contributed by atoms with Crippen molar-refractivity contribution >= 4 is 0 Å². The minimum absolute atomic E-state index is 0.582. The monoisotopic (exact) mass is 177 g/mol. The highest BCUT2D eigenvalue weighted by molar-refractivity contribution is 5.44. The molecule has 13 heavy (non-hydrogen) atoms. The summed E-state index contributed by atoms with van der Waals surface area (Å²) >= 11 is 0. The van der Waals surface area contributed by atoms with Crippen LogP contribution < -0.4 is 4.74 Å². The number of benzene rings is 1. The van der Waals surface area contributed by atoms with E-state index in [9.17, 15) is 0 Å². The minimum Gasteiger partial charge on any atom is -0.495 e. The van der Waals surface area contributed by atoms with Crippen LogP contribution in [0.3, 0.4) is 0 Å². The Bertz CT molecular complexity index is 299. The molecule has 1 aromatic rings. The zero-order valence-corrected chi connectivity index (χ0v) is 8.59. The number of nitriles is 1. The summed E-state index contributed by atoms with van der Waals surface area (Å²) in [4.78, 5) is 0. The lowest BCUT2D eigenvalue weighted by atomic mass is 10.1. The molecule has 0 saturated heterocycles. The average Bonchev–Trinajstić information content (AvgIpc) is 2.20. The smallest absolute Gasteiger partial charge is 0.136 e. The Morgan fingerprint density at radius 1 is 1.31 bits per heavy atom. The third kappa shape index (κ3) is 3.16. The number of nitrogens with zero attached hydrogens (tertiary/aromatic N) is 1. The van der Waals surface area contributed by atoms with Crippen LogP contribution in [-0.4, -0.2) is 7.11 Å². The summed E-state index contributed by atoms with van der Waals surface area (Å²) in [5.74, 6) is 0.646. The molecule has 0 amide bonds. The van der Waals surface area contributed by atoms with Crippen LogP contribution in [0, 0.1) is 18.3 Å². The lowest BCUT2D eigenvalue weighted by Crippen LogP contribution is -1.87. The number of ether oxygens (including phenoxy) is 1. The highest BCUT2D eigenvalue weighted by Gasteiger charge is 1.99. The van der Waals surface area contributed by atoms with Gasteiger partial charge in [0.2, 0.25) is 0 Å². The van der Waals surface area contributed by atoms with Crippen molar-refractivity contribution in [3.8, 4) is 11.8 Å². The molecule has 0 aromatic heterocycles. The van der Waals surface area contributed by atoms with Gasteiger partial charge in [-0.25, -0.2) is 0 Å². The first-order chi connectivity index (χ1) is 6.27. The van der Waals surface area contributed by atoms with E-state index in [1.165, 1.54) is 0 Å². The molecule has 0 spiro atoms. The summed E-state index contributed by atoms with van der Waals surface area (Å²) in [7, 11) is 1.57. The quantitative estimate of drug-likeness (QED) is 0.660. The highest BCUT2D eigenvalue weighted by atomic mass is 16.5. The van der Waals surface area contributed by atoms with Crippen molar-refractivity contribution in [3.63, 3.8) is 0 Å². The van der Waals surface area contributed by atoms with Gasteiger partial charge in [-0.2, -0.15) is 5.26 Å². The predicted molar refractivity (Wildman–Crippen MR) is 53.8 cm³/mol. The molecule has 0 aliphatic heterocycles. The fraction of sp³-hybridized carbons (Fsp3) is 0.364. The van der Waals surface area contributed by atoms with E-state index in [-0.39, 0.29) is 0 Å². The van der Waals surface area contributed by atoms with Gasteiger partial charge in [0, 0.05) is 0 Å². The maximum absolute atomic E-state index is 8.61. The number of hydrogen-bond donors (Lipinski definition) is 0. The molecule has 0 aliphatic carbocycles. The highest BCUT2D eigenvalue weighted by Crippen LogP contribution is 2.18. The van der Waals surface area contributed by atoms with E-state index in [1.807, 2.05) is 39.0 Å². The van der Waals surface area contributed by atoms with Crippen molar-refractivity contribution in [1.29, 1.82) is 5.26 Å². The van der Waals surface area contributed by atoms with Crippen LogP contribution in [0.25, 0.3) is 0 Å². The fourth-order valence-corrected chi connectivity index (χ4v) is 0.891. The second kappa shape index (κ2) is 6.07. The van der Waals surface area contributed by atoms with E-state index in [0.717, 1.165) is 5.56 Å². The summed E-state index contributed by atoms with van der Waals surface area (Å²) in [6.45, 7) is 5.96. The van der Waals surface area contributed by atoms with Gasteiger partial charge in [0.25, 0.3) is 0 Å². The van der Waals surface area contributed by atoms with Crippen molar-refractivity contribution in [2.45, 2.75) is 20.8 Å². The van der Waals surface area contributed by atoms with Crippen LogP contribution in [-0.2, 0) is 0 Å². The summed E-state index contributed by atoms with van der Waals surface area (Å²) in [5, 5.41) is 8.61. The van der Waals surface area contributed by atoms with Crippen molar-refractivity contribution < 1.29 is 4.74 Å². The molecule has 0 fully saturated rings. The average molecular weight is 177 g/mol. The molecular weight excluding hydrogens is 162 g/mol. The zero-order valence-electron chi connectivity index (χ0n) is 8.59. The van der Waals surface area contributed by atoms with E-state index in [2.05, 4.69) is 0 Å². The molecule has 0 atom stereocenters. The molecule has 0 bridgehead atoms. The molecule has 1 aromatic carbocycles. The Labute approximate surface area is 79.8 Å². The van der Waals surface area contributed by atoms with Gasteiger partial charge in [-0.3, -0.25) is 0 Å². The van der Waals surface area contributed by atoms with Crippen LogP contribution in [0.15, 0.2) is 18.2 Å². The minimum atomic E-state index is 0.582. The zero-order chi connectivity index (χ0) is 10.3. The van der Waals surface area contributed by atoms with Gasteiger partial charge in [-0.05, 0) is 24.6 Å². The number of rotatable bonds is 1. The van der Waals surface area contributed by atoms with Gasteiger partial charge in [-0.1, -0.05) is 19.9 Å². The van der Waals surface area contributed by atoms with Crippen LogP contribution in [0.1, 0.15) is 25.0 Å². The number of methoxy groups -OCH3 is 1. The molecule has 0 aliphatic rings. The molecule has 0 unspecified atom stereocenters. The van der Waals surface area contributed by atoms with Crippen molar-refractivity contribution in [1.82, 2.24) is 0 Å². The SMILES string of the molecule is CC.COc1cc(C)ccc1C#N. The number of aryl methyl sites for hydroxylation is 1. The Hall–Kier alpha value is -1.49. The lowest BCUT2D eigenvalue weighted by Gasteiger charge is -2.01. The van der Waals surface area contributed by atoms with Gasteiger partial charge in [0.1, 0.15) is 11.8 Å². The van der Waals surface area contributed by atoms with Gasteiger partial charge >= 0.3 is 0 Å². The van der Waals surface area contributed by atoms with E-state index in [1.54, 1.807) is 13.2 Å². The van der Waals surface area contributed by atoms with Crippen molar-refractivity contribution in [3.05, 3.63) is 29.3 Å². The number of hydrogen-bond acceptors (Lipinski definition) is 2. The summed E-state index contributed by atoms with van der Waals surface area (Å²) < 4.78 is 4.99. The summed E-state index contributed by atoms with van der Waals surface area (Å²) in [6.07, 6.45) is 0. The Balaban J connectivity index is 0.000000671. The second-order valence-corrected chi connectivity index (χ2v) is 2.32. The fourth-order valence-electron chi connectivity index (χ4n) is 0.891. The molecule has 70 valence electrons. The lowest BCUT2D eigenvalue weighted by molar-refractivity contribution is 0.413. The maximum Gasteiger partial charge on any atom is 0.136 e. The van der Waals surface area contributed by atoms with Crippen molar-refractivity contribution in [2.75, 3.05) is 7.11 Å². The first kappa shape index (κ1) is 11.5.